The van der Waals surface area contributed by atoms with Crippen LogP contribution in [-0.2, 0) is 4.79 Å². The van der Waals surface area contributed by atoms with Gasteiger partial charge < -0.3 is 10.6 Å². The van der Waals surface area contributed by atoms with E-state index in [0.717, 1.165) is 23.6 Å². The summed E-state index contributed by atoms with van der Waals surface area (Å²) >= 11 is 0. The van der Waals surface area contributed by atoms with Crippen LogP contribution in [-0.4, -0.2) is 24.9 Å². The standard InChI is InChI=1S/C20H26N2O2/c1-15(2)6-5-12-21-19(23)11-13-22-20(24)18-10-9-16-7-3-4-8-17(16)14-18/h3-4,7-10,14-15H,5-6,11-13H2,1-2H3,(H,21,23)(H,22,24). The summed E-state index contributed by atoms with van der Waals surface area (Å²) in [6.45, 7) is 5.39. The van der Waals surface area contributed by atoms with E-state index in [1.807, 2.05) is 42.5 Å². The molecule has 0 aliphatic heterocycles. The maximum atomic E-state index is 12.2. The van der Waals surface area contributed by atoms with Crippen molar-refractivity contribution >= 4 is 22.6 Å². The molecule has 0 atom stereocenters. The van der Waals surface area contributed by atoms with Crippen molar-refractivity contribution in [2.24, 2.45) is 5.92 Å². The second-order valence-electron chi connectivity index (χ2n) is 6.45. The summed E-state index contributed by atoms with van der Waals surface area (Å²) in [5.74, 6) is 0.495. The Morgan fingerprint density at radius 1 is 0.958 bits per heavy atom. The summed E-state index contributed by atoms with van der Waals surface area (Å²) < 4.78 is 0. The minimum Gasteiger partial charge on any atom is -0.356 e. The lowest BCUT2D eigenvalue weighted by atomic mass is 10.1. The molecule has 0 saturated heterocycles. The number of benzene rings is 2. The summed E-state index contributed by atoms with van der Waals surface area (Å²) in [7, 11) is 0. The largest absolute Gasteiger partial charge is 0.356 e. The van der Waals surface area contributed by atoms with Crippen molar-refractivity contribution in [1.82, 2.24) is 10.6 Å². The molecule has 0 aliphatic carbocycles. The fourth-order valence-electron chi connectivity index (χ4n) is 2.55. The lowest BCUT2D eigenvalue weighted by Crippen LogP contribution is -2.31. The quantitative estimate of drug-likeness (QED) is 0.729. The van der Waals surface area contributed by atoms with Crippen molar-refractivity contribution in [3.8, 4) is 0 Å². The number of carbonyl (C=O) groups is 2. The highest BCUT2D eigenvalue weighted by Gasteiger charge is 2.07. The molecule has 0 fully saturated rings. The number of nitrogens with one attached hydrogen (secondary N) is 2. The zero-order valence-electron chi connectivity index (χ0n) is 14.5. The molecular formula is C20H26N2O2. The van der Waals surface area contributed by atoms with Gasteiger partial charge in [-0.2, -0.15) is 0 Å². The zero-order valence-corrected chi connectivity index (χ0v) is 14.5. The van der Waals surface area contributed by atoms with E-state index in [-0.39, 0.29) is 11.8 Å². The minimum absolute atomic E-state index is 0.0161. The highest BCUT2D eigenvalue weighted by molar-refractivity contribution is 5.98. The fraction of sp³-hybridized carbons (Fsp3) is 0.400. The molecule has 4 heteroatoms. The number of rotatable bonds is 8. The number of hydrogen-bond donors (Lipinski definition) is 2. The number of carbonyl (C=O) groups excluding carboxylic acids is 2. The van der Waals surface area contributed by atoms with Crippen molar-refractivity contribution < 1.29 is 9.59 Å². The molecule has 0 radical (unpaired) electrons. The monoisotopic (exact) mass is 326 g/mol. The Kier molecular flexibility index (Phi) is 6.79. The molecule has 0 aliphatic rings. The average molecular weight is 326 g/mol. The van der Waals surface area contributed by atoms with Crippen molar-refractivity contribution in [2.75, 3.05) is 13.1 Å². The third-order valence-corrected chi connectivity index (χ3v) is 3.93. The second-order valence-corrected chi connectivity index (χ2v) is 6.45. The molecule has 4 nitrogen and oxygen atoms in total. The van der Waals surface area contributed by atoms with Crippen molar-refractivity contribution in [2.45, 2.75) is 33.1 Å². The van der Waals surface area contributed by atoms with Gasteiger partial charge in [-0.1, -0.05) is 44.2 Å². The van der Waals surface area contributed by atoms with Crippen LogP contribution in [0.3, 0.4) is 0 Å². The molecule has 24 heavy (non-hydrogen) atoms. The maximum Gasteiger partial charge on any atom is 0.251 e. The van der Waals surface area contributed by atoms with Crippen LogP contribution in [0.5, 0.6) is 0 Å². The topological polar surface area (TPSA) is 58.2 Å². The van der Waals surface area contributed by atoms with Gasteiger partial charge >= 0.3 is 0 Å². The first-order valence-electron chi connectivity index (χ1n) is 8.60. The van der Waals surface area contributed by atoms with E-state index in [2.05, 4.69) is 24.5 Å². The Hall–Kier alpha value is -2.36. The van der Waals surface area contributed by atoms with Crippen LogP contribution in [0.2, 0.25) is 0 Å². The van der Waals surface area contributed by atoms with E-state index in [1.165, 1.54) is 0 Å². The van der Waals surface area contributed by atoms with Crippen molar-refractivity contribution in [3.63, 3.8) is 0 Å². The highest BCUT2D eigenvalue weighted by Crippen LogP contribution is 2.15. The zero-order chi connectivity index (χ0) is 17.4. The first-order valence-corrected chi connectivity index (χ1v) is 8.60. The molecule has 0 unspecified atom stereocenters. The Balaban J connectivity index is 1.73. The Morgan fingerprint density at radius 3 is 2.46 bits per heavy atom. The average Bonchev–Trinajstić information content (AvgIpc) is 2.58. The van der Waals surface area contributed by atoms with E-state index in [1.54, 1.807) is 0 Å². The van der Waals surface area contributed by atoms with E-state index in [9.17, 15) is 9.59 Å². The Bertz CT molecular complexity index is 695. The van der Waals surface area contributed by atoms with Gasteiger partial charge in [0.25, 0.3) is 5.91 Å². The maximum absolute atomic E-state index is 12.2. The first-order chi connectivity index (χ1) is 11.6. The molecule has 2 aromatic carbocycles. The van der Waals surface area contributed by atoms with Gasteiger partial charge in [-0.05, 0) is 41.7 Å². The minimum atomic E-state index is -0.145. The summed E-state index contributed by atoms with van der Waals surface area (Å²) in [5, 5.41) is 7.83. The summed E-state index contributed by atoms with van der Waals surface area (Å²) in [6.07, 6.45) is 2.41. The van der Waals surface area contributed by atoms with Crippen molar-refractivity contribution in [1.29, 1.82) is 0 Å². The second kappa shape index (κ2) is 9.06. The molecule has 0 heterocycles. The molecule has 2 N–H and O–H groups in total. The lowest BCUT2D eigenvalue weighted by Gasteiger charge is -2.08. The van der Waals surface area contributed by atoms with E-state index in [4.69, 9.17) is 0 Å². The number of hydrogen-bond acceptors (Lipinski definition) is 2. The van der Waals surface area contributed by atoms with Crippen LogP contribution in [0.15, 0.2) is 42.5 Å². The smallest absolute Gasteiger partial charge is 0.251 e. The highest BCUT2D eigenvalue weighted by atomic mass is 16.2. The Morgan fingerprint density at radius 2 is 1.71 bits per heavy atom. The van der Waals surface area contributed by atoms with Crippen LogP contribution < -0.4 is 10.6 Å². The molecule has 0 spiro atoms. The van der Waals surface area contributed by atoms with E-state index in [0.29, 0.717) is 31.0 Å². The third kappa shape index (κ3) is 5.69. The lowest BCUT2D eigenvalue weighted by molar-refractivity contribution is -0.120. The van der Waals surface area contributed by atoms with Gasteiger partial charge in [0, 0.05) is 25.1 Å². The van der Waals surface area contributed by atoms with E-state index >= 15 is 0 Å². The molecule has 2 aromatic rings. The molecule has 128 valence electrons. The van der Waals surface area contributed by atoms with Gasteiger partial charge in [-0.25, -0.2) is 0 Å². The first kappa shape index (κ1) is 18.0. The molecular weight excluding hydrogens is 300 g/mol. The molecule has 0 bridgehead atoms. The predicted molar refractivity (Wildman–Crippen MR) is 98.0 cm³/mol. The SMILES string of the molecule is CC(C)CCCNC(=O)CCNC(=O)c1ccc2ccccc2c1. The number of fused-ring (bicyclic) bond motifs is 1. The molecule has 2 amide bonds. The van der Waals surface area contributed by atoms with Gasteiger partial charge in [-0.15, -0.1) is 0 Å². The van der Waals surface area contributed by atoms with Crippen LogP contribution in [0, 0.1) is 5.92 Å². The van der Waals surface area contributed by atoms with Crippen LogP contribution in [0.25, 0.3) is 10.8 Å². The van der Waals surface area contributed by atoms with Crippen LogP contribution in [0.4, 0.5) is 0 Å². The summed E-state index contributed by atoms with van der Waals surface area (Å²) in [4.78, 5) is 23.9. The summed E-state index contributed by atoms with van der Waals surface area (Å²) in [5.41, 5.74) is 0.617. The molecule has 0 saturated carbocycles. The van der Waals surface area contributed by atoms with Gasteiger partial charge in [0.1, 0.15) is 0 Å². The molecule has 2 rings (SSSR count). The Labute approximate surface area is 143 Å². The normalized spacial score (nSPS) is 10.8. The van der Waals surface area contributed by atoms with Crippen LogP contribution >= 0.6 is 0 Å². The van der Waals surface area contributed by atoms with Gasteiger partial charge in [0.2, 0.25) is 5.91 Å². The van der Waals surface area contributed by atoms with Gasteiger partial charge in [0.05, 0.1) is 0 Å². The predicted octanol–water partition coefficient (Wildman–Crippen LogP) is 3.51. The van der Waals surface area contributed by atoms with E-state index < -0.39 is 0 Å². The number of amides is 2. The van der Waals surface area contributed by atoms with Crippen LogP contribution in [0.1, 0.15) is 43.5 Å². The molecule has 0 aromatic heterocycles. The summed E-state index contributed by atoms with van der Waals surface area (Å²) in [6, 6.07) is 13.5. The van der Waals surface area contributed by atoms with Gasteiger partial charge in [0.15, 0.2) is 0 Å². The van der Waals surface area contributed by atoms with Crippen molar-refractivity contribution in [3.05, 3.63) is 48.0 Å². The third-order valence-electron chi connectivity index (χ3n) is 3.93. The fourth-order valence-corrected chi connectivity index (χ4v) is 2.55. The van der Waals surface area contributed by atoms with Gasteiger partial charge in [-0.3, -0.25) is 9.59 Å².